The molecule has 2 rings (SSSR count). The van der Waals surface area contributed by atoms with Crippen molar-refractivity contribution in [2.45, 2.75) is 24.9 Å². The van der Waals surface area contributed by atoms with Crippen LogP contribution in [-0.2, 0) is 6.54 Å². The van der Waals surface area contributed by atoms with Crippen LogP contribution in [0, 0.1) is 11.6 Å². The van der Waals surface area contributed by atoms with E-state index in [-0.39, 0.29) is 12.1 Å². The summed E-state index contributed by atoms with van der Waals surface area (Å²) in [6, 6.07) is 1.06. The highest BCUT2D eigenvalue weighted by molar-refractivity contribution is 5.75. The van der Waals surface area contributed by atoms with Crippen molar-refractivity contribution in [1.82, 2.24) is 10.2 Å². The second kappa shape index (κ2) is 5.88. The first kappa shape index (κ1) is 15.6. The van der Waals surface area contributed by atoms with Gasteiger partial charge in [0.25, 0.3) is 5.92 Å². The topological polar surface area (TPSA) is 52.6 Å². The number of urea groups is 1. The lowest BCUT2D eigenvalue weighted by Crippen LogP contribution is -2.44. The zero-order valence-corrected chi connectivity index (χ0v) is 11.0. The van der Waals surface area contributed by atoms with E-state index in [0.29, 0.717) is 6.07 Å². The Kier molecular flexibility index (Phi) is 4.36. The van der Waals surface area contributed by atoms with Crippen molar-refractivity contribution in [1.29, 1.82) is 0 Å². The fourth-order valence-electron chi connectivity index (χ4n) is 2.24. The van der Waals surface area contributed by atoms with Crippen molar-refractivity contribution in [3.63, 3.8) is 0 Å². The van der Waals surface area contributed by atoms with E-state index in [9.17, 15) is 22.4 Å². The number of benzene rings is 1. The zero-order chi connectivity index (χ0) is 15.6. The van der Waals surface area contributed by atoms with Gasteiger partial charge in [-0.3, -0.25) is 0 Å². The van der Waals surface area contributed by atoms with Crippen LogP contribution >= 0.6 is 0 Å². The van der Waals surface area contributed by atoms with Gasteiger partial charge in [-0.25, -0.2) is 22.4 Å². The van der Waals surface area contributed by atoms with E-state index in [0.717, 1.165) is 17.0 Å². The number of likely N-dealkylation sites (tertiary alicyclic amines) is 1. The number of aliphatic hydroxyl groups is 1. The maximum absolute atomic E-state index is 13.4. The summed E-state index contributed by atoms with van der Waals surface area (Å²) in [7, 11) is 0. The van der Waals surface area contributed by atoms with Gasteiger partial charge in [-0.2, -0.15) is 0 Å². The van der Waals surface area contributed by atoms with E-state index in [2.05, 4.69) is 5.32 Å². The van der Waals surface area contributed by atoms with Gasteiger partial charge in [0.1, 0.15) is 11.6 Å². The van der Waals surface area contributed by atoms with Crippen LogP contribution in [0.15, 0.2) is 18.2 Å². The summed E-state index contributed by atoms with van der Waals surface area (Å²) in [5.41, 5.74) is 0.0382. The summed E-state index contributed by atoms with van der Waals surface area (Å²) in [6.07, 6.45) is -0.609. The van der Waals surface area contributed by atoms with Gasteiger partial charge in [-0.15, -0.1) is 0 Å². The van der Waals surface area contributed by atoms with Gasteiger partial charge >= 0.3 is 6.03 Å². The first-order chi connectivity index (χ1) is 9.82. The number of carbonyl (C=O) groups is 1. The predicted octanol–water partition coefficient (Wildman–Crippen LogP) is 1.88. The van der Waals surface area contributed by atoms with Crippen molar-refractivity contribution < 1.29 is 27.5 Å². The van der Waals surface area contributed by atoms with E-state index in [4.69, 9.17) is 5.11 Å². The van der Waals surface area contributed by atoms with Crippen molar-refractivity contribution in [3.05, 3.63) is 35.4 Å². The van der Waals surface area contributed by atoms with Crippen LogP contribution in [0.3, 0.4) is 0 Å². The Morgan fingerprint density at radius 3 is 2.76 bits per heavy atom. The smallest absolute Gasteiger partial charge is 0.318 e. The minimum absolute atomic E-state index is 0.0382. The normalized spacial score (nSPS) is 20.6. The van der Waals surface area contributed by atoms with Gasteiger partial charge in [-0.05, 0) is 6.07 Å². The predicted molar refractivity (Wildman–Crippen MR) is 65.7 cm³/mol. The van der Waals surface area contributed by atoms with Crippen molar-refractivity contribution in [3.8, 4) is 0 Å². The quantitative estimate of drug-likeness (QED) is 0.838. The molecular weight excluding hydrogens is 292 g/mol. The largest absolute Gasteiger partial charge is 0.394 e. The van der Waals surface area contributed by atoms with E-state index < -0.39 is 49.2 Å². The van der Waals surface area contributed by atoms with Crippen LogP contribution in [0.1, 0.15) is 12.0 Å². The molecule has 8 heteroatoms. The first-order valence-electron chi connectivity index (χ1n) is 6.29. The third kappa shape index (κ3) is 3.63. The van der Waals surface area contributed by atoms with Gasteiger partial charge in [0, 0.05) is 24.6 Å². The molecule has 1 atom stereocenters. The molecule has 116 valence electrons. The number of aliphatic hydroxyl groups excluding tert-OH is 1. The minimum Gasteiger partial charge on any atom is -0.394 e. The number of hydrogen-bond acceptors (Lipinski definition) is 2. The molecule has 0 saturated carbocycles. The van der Waals surface area contributed by atoms with Gasteiger partial charge in [0.15, 0.2) is 0 Å². The van der Waals surface area contributed by atoms with Crippen LogP contribution in [0.5, 0.6) is 0 Å². The third-order valence-electron chi connectivity index (χ3n) is 3.29. The highest BCUT2D eigenvalue weighted by Gasteiger charge is 2.46. The van der Waals surface area contributed by atoms with Gasteiger partial charge in [0.05, 0.1) is 19.2 Å². The first-order valence-corrected chi connectivity index (χ1v) is 6.29. The molecule has 4 nitrogen and oxygen atoms in total. The molecule has 1 aliphatic rings. The highest BCUT2D eigenvalue weighted by Crippen LogP contribution is 2.31. The Balaban J connectivity index is 1.98. The average Bonchev–Trinajstić information content (AvgIpc) is 2.73. The molecule has 1 aromatic carbocycles. The number of nitrogens with one attached hydrogen (secondary N) is 1. The van der Waals surface area contributed by atoms with Crippen LogP contribution < -0.4 is 5.32 Å². The SMILES string of the molecule is O=C(NCc1ccc(F)cc1F)N1CC(F)(F)CC1CO. The number of halogens is 4. The number of rotatable bonds is 3. The molecule has 1 aliphatic heterocycles. The average molecular weight is 306 g/mol. The molecule has 1 aromatic rings. The van der Waals surface area contributed by atoms with Crippen LogP contribution in [0.2, 0.25) is 0 Å². The minimum atomic E-state index is -3.05. The summed E-state index contributed by atoms with van der Waals surface area (Å²) in [5.74, 6) is -4.63. The molecule has 1 heterocycles. The summed E-state index contributed by atoms with van der Waals surface area (Å²) in [4.78, 5) is 12.6. The maximum Gasteiger partial charge on any atom is 0.318 e. The number of alkyl halides is 2. The lowest BCUT2D eigenvalue weighted by molar-refractivity contribution is 0.0141. The van der Waals surface area contributed by atoms with Gasteiger partial charge in [-0.1, -0.05) is 6.07 Å². The number of amides is 2. The Bertz CT molecular complexity index is 539. The summed E-state index contributed by atoms with van der Waals surface area (Å²) in [6.45, 7) is -1.63. The van der Waals surface area contributed by atoms with Crippen molar-refractivity contribution in [2.24, 2.45) is 0 Å². The fourth-order valence-corrected chi connectivity index (χ4v) is 2.24. The van der Waals surface area contributed by atoms with Gasteiger partial charge in [0.2, 0.25) is 0 Å². The molecule has 1 fully saturated rings. The molecule has 1 saturated heterocycles. The number of hydrogen-bond donors (Lipinski definition) is 2. The molecule has 0 spiro atoms. The molecular formula is C13H14F4N2O2. The Hall–Kier alpha value is -1.83. The van der Waals surface area contributed by atoms with E-state index in [1.54, 1.807) is 0 Å². The third-order valence-corrected chi connectivity index (χ3v) is 3.29. The van der Waals surface area contributed by atoms with E-state index in [1.807, 2.05) is 0 Å². The summed E-state index contributed by atoms with van der Waals surface area (Å²) in [5, 5.41) is 11.3. The van der Waals surface area contributed by atoms with Gasteiger partial charge < -0.3 is 15.3 Å². The lowest BCUT2D eigenvalue weighted by Gasteiger charge is -2.22. The molecule has 2 amide bonds. The molecule has 0 aromatic heterocycles. The zero-order valence-electron chi connectivity index (χ0n) is 11.0. The number of nitrogens with zero attached hydrogens (tertiary/aromatic N) is 1. The lowest BCUT2D eigenvalue weighted by atomic mass is 10.2. The molecule has 21 heavy (non-hydrogen) atoms. The van der Waals surface area contributed by atoms with Crippen LogP contribution in [-0.4, -0.2) is 41.2 Å². The monoisotopic (exact) mass is 306 g/mol. The second-order valence-corrected chi connectivity index (χ2v) is 4.92. The molecule has 2 N–H and O–H groups in total. The number of carbonyl (C=O) groups excluding carboxylic acids is 1. The maximum atomic E-state index is 13.4. The van der Waals surface area contributed by atoms with Crippen molar-refractivity contribution >= 4 is 6.03 Å². The fraction of sp³-hybridized carbons (Fsp3) is 0.462. The Labute approximate surface area is 118 Å². The Morgan fingerprint density at radius 2 is 2.14 bits per heavy atom. The van der Waals surface area contributed by atoms with Crippen LogP contribution in [0.4, 0.5) is 22.4 Å². The molecule has 1 unspecified atom stereocenters. The standard InChI is InChI=1S/C13H14F4N2O2/c14-9-2-1-8(11(15)3-9)5-18-12(21)19-7-13(16,17)4-10(19)6-20/h1-3,10,20H,4-7H2,(H,18,21). The van der Waals surface area contributed by atoms with Crippen molar-refractivity contribution in [2.75, 3.05) is 13.2 Å². The molecule has 0 bridgehead atoms. The van der Waals surface area contributed by atoms with Crippen LogP contribution in [0.25, 0.3) is 0 Å². The molecule has 0 aliphatic carbocycles. The second-order valence-electron chi connectivity index (χ2n) is 4.92. The van der Waals surface area contributed by atoms with E-state index in [1.165, 1.54) is 0 Å². The summed E-state index contributed by atoms with van der Waals surface area (Å²) < 4.78 is 52.6. The highest BCUT2D eigenvalue weighted by atomic mass is 19.3. The van der Waals surface area contributed by atoms with E-state index >= 15 is 0 Å². The molecule has 0 radical (unpaired) electrons. The Morgan fingerprint density at radius 1 is 1.43 bits per heavy atom. The summed E-state index contributed by atoms with van der Waals surface area (Å²) >= 11 is 0.